The summed E-state index contributed by atoms with van der Waals surface area (Å²) in [6.45, 7) is 0. The molecule has 1 nitrogen and oxygen atoms in total. The van der Waals surface area contributed by atoms with E-state index in [1.807, 2.05) is 0 Å². The topological polar surface area (TPSA) is 13.1 Å². The summed E-state index contributed by atoms with van der Waals surface area (Å²) in [6.07, 6.45) is 0. The highest BCUT2D eigenvalue weighted by molar-refractivity contribution is 6.25. The van der Waals surface area contributed by atoms with Gasteiger partial charge in [0.05, 0.1) is 19.2 Å². The molecule has 9 rings (SSSR count). The molecule has 0 aliphatic carbocycles. The zero-order chi connectivity index (χ0) is 41.9. The third kappa shape index (κ3) is 4.09. The van der Waals surface area contributed by atoms with Gasteiger partial charge in [-0.15, -0.1) is 0 Å². The van der Waals surface area contributed by atoms with E-state index in [0.29, 0.717) is 38.2 Å². The van der Waals surface area contributed by atoms with E-state index in [-0.39, 0.29) is 73.9 Å². The van der Waals surface area contributed by atoms with Gasteiger partial charge in [-0.3, -0.25) is 0 Å². The second kappa shape index (κ2) is 10.4. The van der Waals surface area contributed by atoms with E-state index < -0.39 is 60.4 Å². The Labute approximate surface area is 281 Å². The Balaban J connectivity index is 1.54. The number of benzene rings is 8. The summed E-state index contributed by atoms with van der Waals surface area (Å²) in [5.41, 5.74) is 0.899. The number of para-hydroxylation sites is 1. The van der Waals surface area contributed by atoms with Crippen LogP contribution in [-0.4, -0.2) is 0 Å². The van der Waals surface area contributed by atoms with Crippen LogP contribution in [0.4, 0.5) is 0 Å². The van der Waals surface area contributed by atoms with Gasteiger partial charge in [-0.2, -0.15) is 0 Å². The van der Waals surface area contributed by atoms with Crippen molar-refractivity contribution in [3.8, 4) is 44.5 Å². The van der Waals surface area contributed by atoms with Crippen molar-refractivity contribution in [2.45, 2.75) is 0 Å². The summed E-state index contributed by atoms with van der Waals surface area (Å²) >= 11 is 0. The van der Waals surface area contributed by atoms with Gasteiger partial charge >= 0.3 is 0 Å². The Morgan fingerprint density at radius 2 is 1.02 bits per heavy atom. The Kier molecular flexibility index (Phi) is 3.50. The minimum absolute atomic E-state index is 0.0134. The van der Waals surface area contributed by atoms with Crippen LogP contribution in [0, 0.1) is 0 Å². The molecule has 1 heteroatoms. The fourth-order valence-corrected chi connectivity index (χ4v) is 6.21. The first-order valence-electron chi connectivity index (χ1n) is 21.3. The van der Waals surface area contributed by atoms with Gasteiger partial charge in [0, 0.05) is 16.3 Å². The molecule has 0 aliphatic rings. The molecule has 0 amide bonds. The Morgan fingerprint density at radius 1 is 0.378 bits per heavy atom. The average molecular weight is 587 g/mol. The van der Waals surface area contributed by atoms with E-state index in [1.165, 1.54) is 6.07 Å². The molecule has 45 heavy (non-hydrogen) atoms. The lowest BCUT2D eigenvalue weighted by molar-refractivity contribution is 0.669. The molecule has 0 fully saturated rings. The molecule has 8 aromatic carbocycles. The van der Waals surface area contributed by atoms with Crippen LogP contribution in [0.1, 0.15) is 19.2 Å². The van der Waals surface area contributed by atoms with Gasteiger partial charge < -0.3 is 4.42 Å². The zero-order valence-electron chi connectivity index (χ0n) is 37.5. The number of hydrogen-bond donors (Lipinski definition) is 0. The fraction of sp³-hybridized carbons (Fsp3) is 0. The van der Waals surface area contributed by atoms with Gasteiger partial charge in [0.15, 0.2) is 0 Å². The third-order valence-corrected chi connectivity index (χ3v) is 8.07. The number of fused-ring (bicyclic) bond motifs is 5. The maximum atomic E-state index is 9.69. The maximum absolute atomic E-state index is 9.69. The van der Waals surface area contributed by atoms with Crippen LogP contribution >= 0.6 is 0 Å². The van der Waals surface area contributed by atoms with E-state index >= 15 is 0 Å². The first-order valence-corrected chi connectivity index (χ1v) is 14.3. The van der Waals surface area contributed by atoms with Gasteiger partial charge in [0.25, 0.3) is 0 Å². The first-order chi connectivity index (χ1) is 28.2. The Hall–Kier alpha value is -5.92. The second-order valence-corrected chi connectivity index (χ2v) is 10.5. The fourth-order valence-electron chi connectivity index (χ4n) is 6.21. The number of furan rings is 1. The van der Waals surface area contributed by atoms with Crippen molar-refractivity contribution in [3.05, 3.63) is 170 Å². The molecule has 0 saturated carbocycles. The molecule has 210 valence electrons. The summed E-state index contributed by atoms with van der Waals surface area (Å²) in [5.74, 6) is 0. The van der Waals surface area contributed by atoms with Crippen LogP contribution in [0.25, 0.3) is 88.0 Å². The lowest BCUT2D eigenvalue weighted by Crippen LogP contribution is -1.93. The van der Waals surface area contributed by atoms with Crippen LogP contribution in [0.15, 0.2) is 174 Å². The van der Waals surface area contributed by atoms with Crippen molar-refractivity contribution < 1.29 is 23.6 Å². The number of rotatable bonds is 4. The SMILES string of the molecule is [2H]c1cc(-c2c(-c3c4ccccc4c(-c4c([2H])c([2H])c([2H])c(-c5ccccc5)c4[2H])c4ccccc34)c([2H])c([2H])c3oc4c([2H])c([2H])c([2H])c([2H])c4c23)c([2H])c([2H])c1[2H]. The summed E-state index contributed by atoms with van der Waals surface area (Å²) in [4.78, 5) is 0. The molecular weight excluding hydrogens is 544 g/mol. The van der Waals surface area contributed by atoms with E-state index in [1.54, 1.807) is 78.9 Å². The van der Waals surface area contributed by atoms with Gasteiger partial charge in [-0.1, -0.05) is 145 Å². The molecule has 0 bridgehead atoms. The van der Waals surface area contributed by atoms with Gasteiger partial charge in [0.2, 0.25) is 0 Å². The third-order valence-electron chi connectivity index (χ3n) is 8.07. The Bertz CT molecular complexity index is 3260. The molecular formula is C44H28O. The minimum atomic E-state index is -0.589. The van der Waals surface area contributed by atoms with E-state index in [0.717, 1.165) is 0 Å². The summed E-state index contributed by atoms with van der Waals surface area (Å²) in [7, 11) is 0. The van der Waals surface area contributed by atoms with Crippen molar-refractivity contribution in [1.82, 2.24) is 0 Å². The minimum Gasteiger partial charge on any atom is -0.456 e. The van der Waals surface area contributed by atoms with Crippen LogP contribution in [-0.2, 0) is 0 Å². The highest BCUT2D eigenvalue weighted by Gasteiger charge is 2.22. The van der Waals surface area contributed by atoms with Crippen molar-refractivity contribution in [1.29, 1.82) is 0 Å². The highest BCUT2D eigenvalue weighted by atomic mass is 16.3. The molecule has 0 radical (unpaired) electrons. The number of hydrogen-bond acceptors (Lipinski definition) is 1. The van der Waals surface area contributed by atoms with E-state index in [4.69, 9.17) is 18.1 Å². The van der Waals surface area contributed by atoms with Gasteiger partial charge in [0.1, 0.15) is 11.2 Å². The second-order valence-electron chi connectivity index (χ2n) is 10.5. The molecule has 0 aliphatic heterocycles. The van der Waals surface area contributed by atoms with Crippen molar-refractivity contribution in [3.63, 3.8) is 0 Å². The summed E-state index contributed by atoms with van der Waals surface area (Å²) in [6, 6.07) is 17.9. The van der Waals surface area contributed by atoms with Crippen LogP contribution in [0.2, 0.25) is 0 Å². The van der Waals surface area contributed by atoms with E-state index in [2.05, 4.69) is 0 Å². The Morgan fingerprint density at radius 3 is 1.80 bits per heavy atom. The molecule has 0 saturated heterocycles. The first kappa shape index (κ1) is 15.2. The standard InChI is InChI=1S/C44H28O/c1-3-14-29(15-4-1)31-18-13-19-32(28-31)41-33-20-7-9-22-35(33)43(36-23-10-8-21-34(36)41)38-26-27-40-44(37-24-11-12-25-39(37)45-40)42(38)30-16-5-2-6-17-30/h1-28H/i2D,5D,6D,11D,12D,13D,16D,18D,19D,24D,25D,26D,27D,28D. The lowest BCUT2D eigenvalue weighted by atomic mass is 9.82. The van der Waals surface area contributed by atoms with Crippen LogP contribution in [0.5, 0.6) is 0 Å². The monoisotopic (exact) mass is 586 g/mol. The van der Waals surface area contributed by atoms with Crippen molar-refractivity contribution >= 4 is 43.5 Å². The molecule has 0 atom stereocenters. The van der Waals surface area contributed by atoms with Gasteiger partial charge in [-0.05, 0) is 84.7 Å². The highest BCUT2D eigenvalue weighted by Crippen LogP contribution is 2.49. The quantitative estimate of drug-likeness (QED) is 0.187. The molecule has 0 unspecified atom stereocenters. The molecule has 1 heterocycles. The van der Waals surface area contributed by atoms with E-state index in [9.17, 15) is 5.48 Å². The summed E-state index contributed by atoms with van der Waals surface area (Å²) < 4.78 is 131. The molecule has 9 aromatic rings. The van der Waals surface area contributed by atoms with Crippen molar-refractivity contribution in [2.24, 2.45) is 0 Å². The molecule has 1 aromatic heterocycles. The molecule has 0 spiro atoms. The van der Waals surface area contributed by atoms with Crippen molar-refractivity contribution in [2.75, 3.05) is 0 Å². The average Bonchev–Trinajstić information content (AvgIpc) is 3.65. The van der Waals surface area contributed by atoms with Crippen LogP contribution in [0.3, 0.4) is 0 Å². The smallest absolute Gasteiger partial charge is 0.136 e. The lowest BCUT2D eigenvalue weighted by Gasteiger charge is -2.20. The van der Waals surface area contributed by atoms with Crippen LogP contribution < -0.4 is 0 Å². The normalized spacial score (nSPS) is 15.9. The summed E-state index contributed by atoms with van der Waals surface area (Å²) in [5, 5.41) is 1.69. The molecule has 0 N–H and O–H groups in total. The predicted molar refractivity (Wildman–Crippen MR) is 190 cm³/mol. The largest absolute Gasteiger partial charge is 0.456 e. The zero-order valence-corrected chi connectivity index (χ0v) is 23.5. The maximum Gasteiger partial charge on any atom is 0.136 e. The van der Waals surface area contributed by atoms with Gasteiger partial charge in [-0.25, -0.2) is 0 Å². The predicted octanol–water partition coefficient (Wildman–Crippen LogP) is 12.6.